The number of amidine groups is 1. The Morgan fingerprint density at radius 3 is 2.65 bits per heavy atom. The van der Waals surface area contributed by atoms with Gasteiger partial charge in [0.2, 0.25) is 5.91 Å². The van der Waals surface area contributed by atoms with Crippen molar-refractivity contribution in [3.05, 3.63) is 89.8 Å². The lowest BCUT2D eigenvalue weighted by Gasteiger charge is -2.19. The van der Waals surface area contributed by atoms with Crippen LogP contribution in [0.4, 0.5) is 5.69 Å². The van der Waals surface area contributed by atoms with Gasteiger partial charge >= 0.3 is 5.97 Å². The molecule has 0 bridgehead atoms. The first-order valence-corrected chi connectivity index (χ1v) is 12.1. The summed E-state index contributed by atoms with van der Waals surface area (Å²) in [6, 6.07) is 17.8. The van der Waals surface area contributed by atoms with Gasteiger partial charge in [-0.2, -0.15) is 0 Å². The number of hydrogen-bond donors (Lipinski definition) is 3. The van der Waals surface area contributed by atoms with Gasteiger partial charge in [-0.25, -0.2) is 4.79 Å². The molecule has 3 N–H and O–H groups in total. The molecule has 2 heterocycles. The van der Waals surface area contributed by atoms with Crippen molar-refractivity contribution in [3.63, 3.8) is 0 Å². The number of aliphatic imine (C=N–C) groups is 1. The quantitative estimate of drug-likeness (QED) is 0.395. The summed E-state index contributed by atoms with van der Waals surface area (Å²) in [6.07, 6.45) is 5.22. The smallest absolute Gasteiger partial charge is 0.328 e. The lowest BCUT2D eigenvalue weighted by molar-refractivity contribution is -0.138. The van der Waals surface area contributed by atoms with Gasteiger partial charge in [-0.15, -0.1) is 0 Å². The molecule has 1 aromatic heterocycles. The van der Waals surface area contributed by atoms with E-state index in [1.807, 2.05) is 42.5 Å². The summed E-state index contributed by atoms with van der Waals surface area (Å²) >= 11 is 0. The number of aromatic nitrogens is 1. The first-order chi connectivity index (χ1) is 17.7. The van der Waals surface area contributed by atoms with Gasteiger partial charge in [0.05, 0.1) is 0 Å². The van der Waals surface area contributed by atoms with Gasteiger partial charge in [-0.05, 0) is 59.4 Å². The molecule has 0 fully saturated rings. The monoisotopic (exact) mass is 498 g/mol. The molecule has 37 heavy (non-hydrogen) atoms. The molecule has 190 valence electrons. The summed E-state index contributed by atoms with van der Waals surface area (Å²) in [6.45, 7) is 6.90. The number of rotatable bonds is 7. The number of aliphatic carboxylic acids is 1. The van der Waals surface area contributed by atoms with Crippen LogP contribution in [0.15, 0.2) is 77.9 Å². The highest BCUT2D eigenvalue weighted by Crippen LogP contribution is 2.25. The van der Waals surface area contributed by atoms with E-state index in [2.05, 4.69) is 47.4 Å². The first-order valence-electron chi connectivity index (χ1n) is 12.1. The van der Waals surface area contributed by atoms with Crippen molar-refractivity contribution in [1.82, 2.24) is 10.3 Å². The highest BCUT2D eigenvalue weighted by Gasteiger charge is 2.22. The van der Waals surface area contributed by atoms with E-state index >= 15 is 0 Å². The number of pyridine rings is 1. The van der Waals surface area contributed by atoms with E-state index in [-0.39, 0.29) is 11.3 Å². The number of hydrogen-bond acceptors (Lipinski definition) is 6. The summed E-state index contributed by atoms with van der Waals surface area (Å²) in [7, 11) is 0. The number of nitrogens with one attached hydrogen (secondary N) is 2. The second-order valence-electron chi connectivity index (χ2n) is 9.75. The molecule has 1 aliphatic heterocycles. The number of carboxylic acid groups (broad SMARTS) is 1. The Hall–Kier alpha value is -4.46. The molecule has 8 nitrogen and oxygen atoms in total. The summed E-state index contributed by atoms with van der Waals surface area (Å²) < 4.78 is 6.00. The number of benzene rings is 2. The lowest BCUT2D eigenvalue weighted by atomic mass is 9.87. The SMILES string of the molecule is CC(C)(C)c1cccc(NC(=O)C=Cc2cccc(Oc3ccnc(C4=NC(C(=O)O)CCN4)c3)c2)c1. The molecule has 8 heteroatoms. The van der Waals surface area contributed by atoms with Crippen LogP contribution in [-0.2, 0) is 15.0 Å². The summed E-state index contributed by atoms with van der Waals surface area (Å²) in [5.41, 5.74) is 3.19. The topological polar surface area (TPSA) is 113 Å². The van der Waals surface area contributed by atoms with Gasteiger partial charge in [0.1, 0.15) is 23.0 Å². The standard InChI is InChI=1S/C29H30N4O4/c1-29(2,3)20-7-5-8-21(17-20)32-26(34)11-10-19-6-4-9-22(16-19)37-23-12-14-30-25(18-23)27-31-15-13-24(33-27)28(35)36/h4-12,14,16-18,24H,13,15H2,1-3H3,(H,31,33)(H,32,34)(H,35,36). The van der Waals surface area contributed by atoms with Crippen molar-refractivity contribution in [2.24, 2.45) is 4.99 Å². The lowest BCUT2D eigenvalue weighted by Crippen LogP contribution is -2.37. The van der Waals surface area contributed by atoms with Crippen molar-refractivity contribution in [1.29, 1.82) is 0 Å². The second-order valence-corrected chi connectivity index (χ2v) is 9.75. The van der Waals surface area contributed by atoms with Crippen LogP contribution in [0.1, 0.15) is 44.0 Å². The molecule has 3 aromatic rings. The van der Waals surface area contributed by atoms with Crippen molar-refractivity contribution >= 4 is 29.5 Å². The molecule has 1 aliphatic rings. The minimum atomic E-state index is -0.955. The van der Waals surface area contributed by atoms with Crippen molar-refractivity contribution in [2.45, 2.75) is 38.6 Å². The van der Waals surface area contributed by atoms with Crippen LogP contribution in [0.25, 0.3) is 6.08 Å². The Kier molecular flexibility index (Phi) is 7.67. The maximum absolute atomic E-state index is 12.5. The molecular formula is C29H30N4O4. The zero-order valence-electron chi connectivity index (χ0n) is 21.1. The van der Waals surface area contributed by atoms with Gasteiger partial charge in [0.15, 0.2) is 6.04 Å². The highest BCUT2D eigenvalue weighted by atomic mass is 16.5. The molecule has 1 atom stereocenters. The highest BCUT2D eigenvalue weighted by molar-refractivity contribution is 6.02. The molecule has 2 aromatic carbocycles. The molecule has 0 aliphatic carbocycles. The van der Waals surface area contributed by atoms with Crippen LogP contribution in [0, 0.1) is 0 Å². The molecule has 0 radical (unpaired) electrons. The van der Waals surface area contributed by atoms with E-state index in [1.54, 1.807) is 24.4 Å². The van der Waals surface area contributed by atoms with Gasteiger partial charge in [-0.3, -0.25) is 14.8 Å². The normalized spacial score (nSPS) is 15.5. The van der Waals surface area contributed by atoms with Gasteiger partial charge in [0.25, 0.3) is 0 Å². The van der Waals surface area contributed by atoms with Crippen molar-refractivity contribution in [2.75, 3.05) is 11.9 Å². The molecule has 0 saturated heterocycles. The average Bonchev–Trinajstić information content (AvgIpc) is 2.88. The van der Waals surface area contributed by atoms with E-state index in [9.17, 15) is 14.7 Å². The number of nitrogens with zero attached hydrogens (tertiary/aromatic N) is 2. The third kappa shape index (κ3) is 7.04. The van der Waals surface area contributed by atoms with E-state index in [0.29, 0.717) is 36.0 Å². The van der Waals surface area contributed by atoms with Crippen LogP contribution < -0.4 is 15.4 Å². The Morgan fingerprint density at radius 2 is 1.86 bits per heavy atom. The molecule has 4 rings (SSSR count). The Balaban J connectivity index is 1.42. The largest absolute Gasteiger partial charge is 0.480 e. The zero-order chi connectivity index (χ0) is 26.4. The Bertz CT molecular complexity index is 1360. The van der Waals surface area contributed by atoms with Crippen LogP contribution in [0.2, 0.25) is 0 Å². The number of ether oxygens (including phenoxy) is 1. The predicted molar refractivity (Wildman–Crippen MR) is 144 cm³/mol. The third-order valence-corrected chi connectivity index (χ3v) is 5.77. The van der Waals surface area contributed by atoms with Gasteiger partial charge < -0.3 is 20.5 Å². The first kappa shape index (κ1) is 25.6. The molecule has 0 spiro atoms. The summed E-state index contributed by atoms with van der Waals surface area (Å²) in [5, 5.41) is 15.3. The van der Waals surface area contributed by atoms with Crippen LogP contribution in [-0.4, -0.2) is 40.4 Å². The van der Waals surface area contributed by atoms with Crippen molar-refractivity contribution in [3.8, 4) is 11.5 Å². The zero-order valence-corrected chi connectivity index (χ0v) is 21.1. The van der Waals surface area contributed by atoms with E-state index in [1.165, 1.54) is 6.08 Å². The number of anilines is 1. The predicted octanol–water partition coefficient (Wildman–Crippen LogP) is 5.02. The number of carboxylic acids is 1. The van der Waals surface area contributed by atoms with E-state index in [0.717, 1.165) is 16.8 Å². The maximum Gasteiger partial charge on any atom is 0.328 e. The Morgan fingerprint density at radius 1 is 1.08 bits per heavy atom. The average molecular weight is 499 g/mol. The maximum atomic E-state index is 12.5. The van der Waals surface area contributed by atoms with Crippen LogP contribution in [0.5, 0.6) is 11.5 Å². The summed E-state index contributed by atoms with van der Waals surface area (Å²) in [4.78, 5) is 32.3. The van der Waals surface area contributed by atoms with Gasteiger partial charge in [0, 0.05) is 30.6 Å². The van der Waals surface area contributed by atoms with Crippen LogP contribution in [0.3, 0.4) is 0 Å². The number of carbonyl (C=O) groups excluding carboxylic acids is 1. The fourth-order valence-corrected chi connectivity index (χ4v) is 3.77. The second kappa shape index (κ2) is 11.1. The van der Waals surface area contributed by atoms with Crippen molar-refractivity contribution < 1.29 is 19.4 Å². The number of carbonyl (C=O) groups is 2. The Labute approximate surface area is 216 Å². The molecule has 0 saturated carbocycles. The molecule has 1 unspecified atom stereocenters. The minimum absolute atomic E-state index is 0.00609. The fraction of sp³-hybridized carbons (Fsp3) is 0.241. The van der Waals surface area contributed by atoms with Gasteiger partial charge in [-0.1, -0.05) is 45.0 Å². The fourth-order valence-electron chi connectivity index (χ4n) is 3.77. The van der Waals surface area contributed by atoms with Crippen LogP contribution >= 0.6 is 0 Å². The third-order valence-electron chi connectivity index (χ3n) is 5.77. The van der Waals surface area contributed by atoms with E-state index in [4.69, 9.17) is 4.74 Å². The summed E-state index contributed by atoms with van der Waals surface area (Å²) in [5.74, 6) is 0.365. The molecular weight excluding hydrogens is 468 g/mol. The molecule has 1 amide bonds. The minimum Gasteiger partial charge on any atom is -0.480 e. The number of amides is 1. The van der Waals surface area contributed by atoms with E-state index < -0.39 is 12.0 Å².